The molecule has 1 aromatic carbocycles. The second kappa shape index (κ2) is 6.09. The monoisotopic (exact) mass is 288 g/mol. The van der Waals surface area contributed by atoms with Crippen molar-refractivity contribution in [1.29, 1.82) is 0 Å². The molecule has 0 amide bonds. The average molecular weight is 288 g/mol. The minimum Gasteiger partial charge on any atom is -0.485 e. The molecule has 1 aromatic heterocycles. The molecule has 3 rings (SSSR count). The number of hydrogen-bond acceptors (Lipinski definition) is 6. The van der Waals surface area contributed by atoms with Crippen LogP contribution in [0.4, 0.5) is 5.69 Å². The van der Waals surface area contributed by atoms with Gasteiger partial charge in [-0.25, -0.2) is 0 Å². The van der Waals surface area contributed by atoms with Crippen molar-refractivity contribution in [2.75, 3.05) is 31.1 Å². The predicted octanol–water partition coefficient (Wildman–Crippen LogP) is 0.507. The van der Waals surface area contributed by atoms with Gasteiger partial charge in [0.25, 0.3) is 0 Å². The van der Waals surface area contributed by atoms with Gasteiger partial charge in [0.05, 0.1) is 7.05 Å². The van der Waals surface area contributed by atoms with E-state index in [9.17, 15) is 0 Å². The van der Waals surface area contributed by atoms with Gasteiger partial charge in [-0.2, -0.15) is 4.80 Å². The SMILES string of the molecule is Cc1cc(OCc2nnn(C)n2)ccc1N1CCNCC1. The zero-order chi connectivity index (χ0) is 14.7. The highest BCUT2D eigenvalue weighted by Gasteiger charge is 2.13. The highest BCUT2D eigenvalue weighted by atomic mass is 16.5. The summed E-state index contributed by atoms with van der Waals surface area (Å²) in [6, 6.07) is 6.19. The molecule has 1 saturated heterocycles. The molecule has 1 aliphatic heterocycles. The Hall–Kier alpha value is -2.15. The van der Waals surface area contributed by atoms with Gasteiger partial charge in [0.1, 0.15) is 5.75 Å². The van der Waals surface area contributed by atoms with E-state index in [0.29, 0.717) is 12.4 Å². The molecule has 0 aliphatic carbocycles. The molecule has 2 heterocycles. The van der Waals surface area contributed by atoms with E-state index in [1.54, 1.807) is 7.05 Å². The summed E-state index contributed by atoms with van der Waals surface area (Å²) >= 11 is 0. The average Bonchev–Trinajstić information content (AvgIpc) is 2.92. The lowest BCUT2D eigenvalue weighted by molar-refractivity contribution is 0.295. The first-order chi connectivity index (χ1) is 10.2. The number of nitrogens with one attached hydrogen (secondary N) is 1. The number of aromatic nitrogens is 4. The zero-order valence-electron chi connectivity index (χ0n) is 12.4. The standard InChI is InChI=1S/C14H20N6O/c1-11-9-12(21-10-14-16-18-19(2)17-14)3-4-13(11)20-7-5-15-6-8-20/h3-4,9,15H,5-8,10H2,1-2H3. The fourth-order valence-electron chi connectivity index (χ4n) is 2.51. The topological polar surface area (TPSA) is 68.1 Å². The summed E-state index contributed by atoms with van der Waals surface area (Å²) in [7, 11) is 1.74. The first-order valence-electron chi connectivity index (χ1n) is 7.14. The van der Waals surface area contributed by atoms with Crippen LogP contribution in [0.3, 0.4) is 0 Å². The number of aryl methyl sites for hydroxylation is 2. The Morgan fingerprint density at radius 2 is 2.10 bits per heavy atom. The molecule has 0 spiro atoms. The fraction of sp³-hybridized carbons (Fsp3) is 0.500. The van der Waals surface area contributed by atoms with Crippen LogP contribution < -0.4 is 15.0 Å². The van der Waals surface area contributed by atoms with Gasteiger partial charge < -0.3 is 15.0 Å². The van der Waals surface area contributed by atoms with Crippen LogP contribution in [0.2, 0.25) is 0 Å². The van der Waals surface area contributed by atoms with Crippen molar-refractivity contribution in [3.05, 3.63) is 29.6 Å². The van der Waals surface area contributed by atoms with Crippen LogP contribution >= 0.6 is 0 Å². The number of nitrogens with zero attached hydrogens (tertiary/aromatic N) is 5. The molecular formula is C14H20N6O. The van der Waals surface area contributed by atoms with Crippen LogP contribution in [-0.4, -0.2) is 46.4 Å². The van der Waals surface area contributed by atoms with E-state index >= 15 is 0 Å². The third-order valence-corrected chi connectivity index (χ3v) is 3.54. The van der Waals surface area contributed by atoms with E-state index in [1.165, 1.54) is 16.0 Å². The molecule has 0 atom stereocenters. The summed E-state index contributed by atoms with van der Waals surface area (Å²) in [6.45, 7) is 6.62. The third-order valence-electron chi connectivity index (χ3n) is 3.54. The lowest BCUT2D eigenvalue weighted by Gasteiger charge is -2.30. The van der Waals surface area contributed by atoms with E-state index in [1.807, 2.05) is 6.07 Å². The van der Waals surface area contributed by atoms with Crippen molar-refractivity contribution in [3.8, 4) is 5.75 Å². The number of piperazine rings is 1. The summed E-state index contributed by atoms with van der Waals surface area (Å²) in [5.41, 5.74) is 2.50. The van der Waals surface area contributed by atoms with Crippen LogP contribution in [0.15, 0.2) is 18.2 Å². The summed E-state index contributed by atoms with van der Waals surface area (Å²) in [5.74, 6) is 1.42. The molecular weight excluding hydrogens is 268 g/mol. The molecule has 2 aromatic rings. The number of anilines is 1. The molecule has 0 saturated carbocycles. The summed E-state index contributed by atoms with van der Waals surface area (Å²) in [4.78, 5) is 3.83. The summed E-state index contributed by atoms with van der Waals surface area (Å²) in [5, 5.41) is 15.2. The summed E-state index contributed by atoms with van der Waals surface area (Å²) < 4.78 is 5.72. The van der Waals surface area contributed by atoms with Gasteiger partial charge in [0.15, 0.2) is 6.61 Å². The Labute approximate surface area is 123 Å². The van der Waals surface area contributed by atoms with Gasteiger partial charge in [0.2, 0.25) is 5.82 Å². The molecule has 0 unspecified atom stereocenters. The Morgan fingerprint density at radius 1 is 1.29 bits per heavy atom. The van der Waals surface area contributed by atoms with Crippen molar-refractivity contribution in [2.24, 2.45) is 7.05 Å². The van der Waals surface area contributed by atoms with E-state index in [-0.39, 0.29) is 0 Å². The lowest BCUT2D eigenvalue weighted by Crippen LogP contribution is -2.43. The van der Waals surface area contributed by atoms with Crippen molar-refractivity contribution < 1.29 is 4.74 Å². The number of tetrazole rings is 1. The predicted molar refractivity (Wildman–Crippen MR) is 79.4 cm³/mol. The molecule has 21 heavy (non-hydrogen) atoms. The molecule has 0 bridgehead atoms. The minimum atomic E-state index is 0.334. The molecule has 1 aliphatic rings. The fourth-order valence-corrected chi connectivity index (χ4v) is 2.51. The van der Waals surface area contributed by atoms with Crippen molar-refractivity contribution in [1.82, 2.24) is 25.5 Å². The number of rotatable bonds is 4. The van der Waals surface area contributed by atoms with E-state index < -0.39 is 0 Å². The normalized spacial score (nSPS) is 15.2. The van der Waals surface area contributed by atoms with Gasteiger partial charge in [0, 0.05) is 31.9 Å². The maximum atomic E-state index is 5.72. The van der Waals surface area contributed by atoms with Gasteiger partial charge in [-0.05, 0) is 35.9 Å². The summed E-state index contributed by atoms with van der Waals surface area (Å²) in [6.07, 6.45) is 0. The molecule has 7 heteroatoms. The maximum Gasteiger partial charge on any atom is 0.212 e. The van der Waals surface area contributed by atoms with Crippen LogP contribution in [0, 0.1) is 6.92 Å². The number of hydrogen-bond donors (Lipinski definition) is 1. The maximum absolute atomic E-state index is 5.72. The highest BCUT2D eigenvalue weighted by molar-refractivity contribution is 5.56. The van der Waals surface area contributed by atoms with Crippen molar-refractivity contribution >= 4 is 5.69 Å². The van der Waals surface area contributed by atoms with Gasteiger partial charge in [-0.3, -0.25) is 0 Å². The van der Waals surface area contributed by atoms with Gasteiger partial charge in [-0.15, -0.1) is 10.2 Å². The second-order valence-corrected chi connectivity index (χ2v) is 5.17. The first kappa shape index (κ1) is 13.8. The Bertz CT molecular complexity index is 605. The van der Waals surface area contributed by atoms with E-state index in [4.69, 9.17) is 4.74 Å². The quantitative estimate of drug-likeness (QED) is 0.884. The van der Waals surface area contributed by atoms with Crippen LogP contribution in [0.1, 0.15) is 11.4 Å². The zero-order valence-corrected chi connectivity index (χ0v) is 12.4. The van der Waals surface area contributed by atoms with Crippen LogP contribution in [-0.2, 0) is 13.7 Å². The van der Waals surface area contributed by atoms with Gasteiger partial charge >= 0.3 is 0 Å². The molecule has 0 radical (unpaired) electrons. The molecule has 1 N–H and O–H groups in total. The first-order valence-corrected chi connectivity index (χ1v) is 7.14. The van der Waals surface area contributed by atoms with Crippen LogP contribution in [0.5, 0.6) is 5.75 Å². The highest BCUT2D eigenvalue weighted by Crippen LogP contribution is 2.25. The van der Waals surface area contributed by atoms with Crippen molar-refractivity contribution in [3.63, 3.8) is 0 Å². The van der Waals surface area contributed by atoms with Crippen molar-refractivity contribution in [2.45, 2.75) is 13.5 Å². The number of ether oxygens (including phenoxy) is 1. The smallest absolute Gasteiger partial charge is 0.212 e. The Morgan fingerprint density at radius 3 is 2.76 bits per heavy atom. The Balaban J connectivity index is 1.65. The minimum absolute atomic E-state index is 0.334. The largest absolute Gasteiger partial charge is 0.485 e. The molecule has 112 valence electrons. The molecule has 7 nitrogen and oxygen atoms in total. The van der Waals surface area contributed by atoms with E-state index in [2.05, 4.69) is 44.7 Å². The molecule has 1 fully saturated rings. The van der Waals surface area contributed by atoms with E-state index in [0.717, 1.165) is 31.9 Å². The lowest BCUT2D eigenvalue weighted by atomic mass is 10.1. The number of benzene rings is 1. The second-order valence-electron chi connectivity index (χ2n) is 5.17. The Kier molecular flexibility index (Phi) is 4.01. The van der Waals surface area contributed by atoms with Gasteiger partial charge in [-0.1, -0.05) is 0 Å². The van der Waals surface area contributed by atoms with Crippen LogP contribution in [0.25, 0.3) is 0 Å². The third kappa shape index (κ3) is 3.30.